The van der Waals surface area contributed by atoms with Crippen LogP contribution < -0.4 is 10.6 Å². The highest BCUT2D eigenvalue weighted by molar-refractivity contribution is 6.10. The van der Waals surface area contributed by atoms with Crippen molar-refractivity contribution < 1.29 is 32.6 Å². The van der Waals surface area contributed by atoms with E-state index in [1.807, 2.05) is 6.07 Å². The predicted octanol–water partition coefficient (Wildman–Crippen LogP) is 3.60. The number of benzene rings is 1. The van der Waals surface area contributed by atoms with E-state index < -0.39 is 41.8 Å². The first kappa shape index (κ1) is 27.9. The number of alkyl halides is 3. The van der Waals surface area contributed by atoms with Crippen LogP contribution in [-0.2, 0) is 15.7 Å². The molecule has 0 radical (unpaired) electrons. The van der Waals surface area contributed by atoms with Gasteiger partial charge in [0.2, 0.25) is 5.96 Å². The SMILES string of the molecule is C=C/C(C#N)=C\C=C(/C(C)O)[C@@H]1C(C(=O)OC)=C(C)N(c2cccc(C(F)(F)F)c2)C(=N)N1C(N)=O. The van der Waals surface area contributed by atoms with Gasteiger partial charge in [-0.25, -0.2) is 9.59 Å². The van der Waals surface area contributed by atoms with Gasteiger partial charge in [-0.3, -0.25) is 15.2 Å². The van der Waals surface area contributed by atoms with Crippen molar-refractivity contribution in [2.24, 2.45) is 5.73 Å². The van der Waals surface area contributed by atoms with Gasteiger partial charge in [0.1, 0.15) is 0 Å². The minimum atomic E-state index is -4.69. The second kappa shape index (κ2) is 10.9. The number of primary amides is 1. The lowest BCUT2D eigenvalue weighted by molar-refractivity contribution is -0.138. The molecule has 1 aromatic rings. The Balaban J connectivity index is 2.92. The molecule has 1 aliphatic heterocycles. The average Bonchev–Trinajstić information content (AvgIpc) is 2.80. The molecule has 1 aromatic carbocycles. The standard InChI is InChI=1S/C24H24F3N5O4/c1-5-15(12-28)9-10-18(14(3)33)20-19(21(34)36-4)13(2)31(22(29)32(20)23(30)35)17-8-6-7-16(11-17)24(25,26)27/h5-11,14,20,29,33H,1H2,2-4H3,(H2,30,35)/b15-9+,18-10+,29-22?/t14?,20-/m1/s1. The number of hydrogen-bond donors (Lipinski definition) is 3. The number of aliphatic hydroxyl groups is 1. The minimum absolute atomic E-state index is 0.0170. The molecule has 0 fully saturated rings. The predicted molar refractivity (Wildman–Crippen MR) is 125 cm³/mol. The number of amides is 2. The number of halogens is 3. The molecule has 1 heterocycles. The van der Waals surface area contributed by atoms with Crippen LogP contribution >= 0.6 is 0 Å². The molecular formula is C24H24F3N5O4. The summed E-state index contributed by atoms with van der Waals surface area (Å²) in [4.78, 5) is 27.1. The van der Waals surface area contributed by atoms with Crippen molar-refractivity contribution in [3.8, 4) is 6.07 Å². The lowest BCUT2D eigenvalue weighted by Crippen LogP contribution is -2.60. The number of esters is 1. The maximum Gasteiger partial charge on any atom is 0.416 e. The van der Waals surface area contributed by atoms with Crippen LogP contribution in [0.25, 0.3) is 0 Å². The van der Waals surface area contributed by atoms with Gasteiger partial charge in [-0.15, -0.1) is 0 Å². The number of anilines is 1. The Labute approximate surface area is 205 Å². The molecule has 2 rings (SSSR count). The van der Waals surface area contributed by atoms with Crippen LogP contribution in [0.2, 0.25) is 0 Å². The van der Waals surface area contributed by atoms with E-state index >= 15 is 0 Å². The third-order valence-electron chi connectivity index (χ3n) is 5.37. The first-order chi connectivity index (χ1) is 16.8. The van der Waals surface area contributed by atoms with Gasteiger partial charge < -0.3 is 15.6 Å². The number of nitriles is 1. The number of ether oxygens (including phenoxy) is 1. The molecule has 190 valence electrons. The largest absolute Gasteiger partial charge is 0.466 e. The van der Waals surface area contributed by atoms with Crippen LogP contribution in [0.3, 0.4) is 0 Å². The van der Waals surface area contributed by atoms with Gasteiger partial charge in [0.25, 0.3) is 0 Å². The Morgan fingerprint density at radius 2 is 2.00 bits per heavy atom. The number of carbonyl (C=O) groups excluding carboxylic acids is 2. The van der Waals surface area contributed by atoms with Crippen molar-refractivity contribution >= 4 is 23.6 Å². The Morgan fingerprint density at radius 3 is 2.47 bits per heavy atom. The molecule has 12 heteroatoms. The van der Waals surface area contributed by atoms with Crippen LogP contribution in [0.15, 0.2) is 71.5 Å². The van der Waals surface area contributed by atoms with Gasteiger partial charge in [0, 0.05) is 11.4 Å². The average molecular weight is 503 g/mol. The Hall–Kier alpha value is -4.37. The number of hydrogen-bond acceptors (Lipinski definition) is 6. The first-order valence-electron chi connectivity index (χ1n) is 10.4. The van der Waals surface area contributed by atoms with E-state index in [9.17, 15) is 27.9 Å². The smallest absolute Gasteiger partial charge is 0.416 e. The van der Waals surface area contributed by atoms with E-state index in [0.29, 0.717) is 4.90 Å². The maximum atomic E-state index is 13.3. The summed E-state index contributed by atoms with van der Waals surface area (Å²) in [6, 6.07) is 3.13. The molecular weight excluding hydrogens is 479 g/mol. The van der Waals surface area contributed by atoms with E-state index in [2.05, 4.69) is 6.58 Å². The van der Waals surface area contributed by atoms with E-state index in [0.717, 1.165) is 30.2 Å². The van der Waals surface area contributed by atoms with Gasteiger partial charge in [-0.1, -0.05) is 24.8 Å². The van der Waals surface area contributed by atoms with Gasteiger partial charge in [-0.05, 0) is 43.7 Å². The van der Waals surface area contributed by atoms with Crippen molar-refractivity contribution in [1.29, 1.82) is 10.7 Å². The van der Waals surface area contributed by atoms with Crippen molar-refractivity contribution in [2.45, 2.75) is 32.2 Å². The Bertz CT molecular complexity index is 1220. The second-order valence-corrected chi connectivity index (χ2v) is 7.59. The molecule has 0 saturated carbocycles. The molecule has 1 unspecified atom stereocenters. The van der Waals surface area contributed by atoms with Gasteiger partial charge in [-0.2, -0.15) is 18.4 Å². The zero-order valence-corrected chi connectivity index (χ0v) is 19.6. The highest BCUT2D eigenvalue weighted by atomic mass is 19.4. The van der Waals surface area contributed by atoms with Gasteiger partial charge in [0.05, 0.1) is 42.0 Å². The fourth-order valence-corrected chi connectivity index (χ4v) is 3.69. The summed E-state index contributed by atoms with van der Waals surface area (Å²) in [6.07, 6.45) is -2.22. The zero-order valence-electron chi connectivity index (χ0n) is 19.6. The monoisotopic (exact) mass is 503 g/mol. The quantitative estimate of drug-likeness (QED) is 0.307. The number of nitrogens with one attached hydrogen (secondary N) is 1. The molecule has 2 amide bonds. The molecule has 4 N–H and O–H groups in total. The fraction of sp³-hybridized carbons (Fsp3) is 0.250. The molecule has 0 aliphatic carbocycles. The number of nitrogens with two attached hydrogens (primary N) is 1. The molecule has 9 nitrogen and oxygen atoms in total. The third kappa shape index (κ3) is 5.47. The summed E-state index contributed by atoms with van der Waals surface area (Å²) in [6.45, 7) is 6.17. The summed E-state index contributed by atoms with van der Waals surface area (Å²) in [5, 5.41) is 28.3. The molecule has 2 atom stereocenters. The zero-order chi connectivity index (χ0) is 27.4. The summed E-state index contributed by atoms with van der Waals surface area (Å²) in [5.74, 6) is -1.65. The van der Waals surface area contributed by atoms with Gasteiger partial charge in [0.15, 0.2) is 0 Å². The molecule has 0 aromatic heterocycles. The number of guanidine groups is 1. The van der Waals surface area contributed by atoms with Crippen molar-refractivity contribution in [3.63, 3.8) is 0 Å². The molecule has 0 bridgehead atoms. The lowest BCUT2D eigenvalue weighted by Gasteiger charge is -2.44. The second-order valence-electron chi connectivity index (χ2n) is 7.59. The molecule has 36 heavy (non-hydrogen) atoms. The first-order valence-corrected chi connectivity index (χ1v) is 10.4. The number of nitrogens with zero attached hydrogens (tertiary/aromatic N) is 3. The molecule has 0 spiro atoms. The molecule has 1 aliphatic rings. The summed E-state index contributed by atoms with van der Waals surface area (Å²) in [7, 11) is 1.06. The minimum Gasteiger partial charge on any atom is -0.466 e. The van der Waals surface area contributed by atoms with Crippen molar-refractivity contribution in [2.75, 3.05) is 12.0 Å². The van der Waals surface area contributed by atoms with Crippen molar-refractivity contribution in [1.82, 2.24) is 4.90 Å². The Morgan fingerprint density at radius 1 is 1.36 bits per heavy atom. The van der Waals surface area contributed by atoms with Crippen LogP contribution in [0.5, 0.6) is 0 Å². The highest BCUT2D eigenvalue weighted by Gasteiger charge is 2.45. The Kier molecular flexibility index (Phi) is 8.45. The number of urea groups is 1. The summed E-state index contributed by atoms with van der Waals surface area (Å²) < 4.78 is 44.9. The van der Waals surface area contributed by atoms with E-state index in [-0.39, 0.29) is 28.1 Å². The molecule has 0 saturated heterocycles. The van der Waals surface area contributed by atoms with Gasteiger partial charge >= 0.3 is 18.2 Å². The fourth-order valence-electron chi connectivity index (χ4n) is 3.69. The van der Waals surface area contributed by atoms with E-state index in [4.69, 9.17) is 21.1 Å². The number of aliphatic hydroxyl groups excluding tert-OH is 1. The van der Waals surface area contributed by atoms with Crippen LogP contribution in [0.4, 0.5) is 23.7 Å². The van der Waals surface area contributed by atoms with Crippen LogP contribution in [-0.4, -0.2) is 47.2 Å². The van der Waals surface area contributed by atoms with Crippen molar-refractivity contribution in [3.05, 3.63) is 77.1 Å². The third-order valence-corrected chi connectivity index (χ3v) is 5.37. The topological polar surface area (TPSA) is 144 Å². The van der Waals surface area contributed by atoms with E-state index in [1.165, 1.54) is 38.1 Å². The lowest BCUT2D eigenvalue weighted by atomic mass is 9.89. The maximum absolute atomic E-state index is 13.3. The van der Waals surface area contributed by atoms with Crippen LogP contribution in [0.1, 0.15) is 19.4 Å². The summed E-state index contributed by atoms with van der Waals surface area (Å²) >= 11 is 0. The van der Waals surface area contributed by atoms with E-state index in [1.54, 1.807) is 0 Å². The summed E-state index contributed by atoms with van der Waals surface area (Å²) in [5.41, 5.74) is 4.15. The number of methoxy groups -OCH3 is 1. The number of rotatable bonds is 6. The highest BCUT2D eigenvalue weighted by Crippen LogP contribution is 2.37. The number of allylic oxidation sites excluding steroid dienone is 5. The number of carbonyl (C=O) groups is 2. The van der Waals surface area contributed by atoms with Crippen LogP contribution in [0, 0.1) is 16.7 Å². The normalized spacial score (nSPS) is 18.1.